The molecule has 2 fully saturated rings. The largest absolute Gasteiger partial charge is 0.482 e. The number of anilines is 1. The topological polar surface area (TPSA) is 93.7 Å². The number of amides is 2. The Morgan fingerprint density at radius 2 is 2.19 bits per heavy atom. The number of ether oxygens (including phenoxy) is 2. The van der Waals surface area contributed by atoms with E-state index < -0.39 is 5.97 Å². The Kier molecular flexibility index (Phi) is 4.76. The normalized spacial score (nSPS) is 26.6. The van der Waals surface area contributed by atoms with Crippen molar-refractivity contribution in [2.45, 2.75) is 38.6 Å². The maximum Gasteiger partial charge on any atom is 0.338 e. The Morgan fingerprint density at radius 3 is 2.93 bits per heavy atom. The van der Waals surface area contributed by atoms with Gasteiger partial charge in [0.2, 0.25) is 0 Å². The lowest BCUT2D eigenvalue weighted by Gasteiger charge is -2.28. The first-order valence-corrected chi connectivity index (χ1v) is 9.53. The van der Waals surface area contributed by atoms with E-state index in [0.717, 1.165) is 11.8 Å². The molecule has 2 amide bonds. The first-order chi connectivity index (χ1) is 13.0. The highest BCUT2D eigenvalue weighted by Gasteiger charge is 2.42. The third kappa shape index (κ3) is 3.77. The molecule has 2 aliphatic carbocycles. The minimum absolute atomic E-state index is 0.0885. The Morgan fingerprint density at radius 1 is 1.33 bits per heavy atom. The molecule has 1 aromatic carbocycles. The number of nitrogens with one attached hydrogen (secondary N) is 2. The van der Waals surface area contributed by atoms with Crippen molar-refractivity contribution >= 4 is 23.5 Å². The second-order valence-electron chi connectivity index (χ2n) is 7.82. The van der Waals surface area contributed by atoms with Crippen molar-refractivity contribution in [3.05, 3.63) is 23.8 Å². The molecular weight excluding hydrogens is 348 g/mol. The molecule has 3 aliphatic rings. The van der Waals surface area contributed by atoms with Crippen molar-refractivity contribution in [2.75, 3.05) is 18.5 Å². The van der Waals surface area contributed by atoms with E-state index in [2.05, 4.69) is 10.6 Å². The SMILES string of the molecule is C[C@H](NC(=O)COC(=O)c1ccc2c(c1)OCC(=O)N2)[C@H]1C[C@H]2CC[C@H]1C2. The van der Waals surface area contributed by atoms with E-state index in [1.165, 1.54) is 37.8 Å². The summed E-state index contributed by atoms with van der Waals surface area (Å²) in [6.07, 6.45) is 5.08. The third-order valence-electron chi connectivity index (χ3n) is 6.01. The Labute approximate surface area is 157 Å². The molecule has 0 aromatic heterocycles. The summed E-state index contributed by atoms with van der Waals surface area (Å²) in [7, 11) is 0. The van der Waals surface area contributed by atoms with Gasteiger partial charge < -0.3 is 20.1 Å². The van der Waals surface area contributed by atoms with Gasteiger partial charge in [0, 0.05) is 6.04 Å². The minimum Gasteiger partial charge on any atom is -0.482 e. The van der Waals surface area contributed by atoms with Gasteiger partial charge in [-0.25, -0.2) is 4.79 Å². The van der Waals surface area contributed by atoms with Gasteiger partial charge in [-0.1, -0.05) is 6.42 Å². The zero-order valence-corrected chi connectivity index (χ0v) is 15.3. The van der Waals surface area contributed by atoms with Crippen LogP contribution in [0, 0.1) is 17.8 Å². The van der Waals surface area contributed by atoms with Gasteiger partial charge in [-0.05, 0) is 62.1 Å². The summed E-state index contributed by atoms with van der Waals surface area (Å²) in [4.78, 5) is 35.6. The van der Waals surface area contributed by atoms with Crippen LogP contribution in [-0.4, -0.2) is 37.0 Å². The van der Waals surface area contributed by atoms with Crippen LogP contribution in [0.3, 0.4) is 0 Å². The van der Waals surface area contributed by atoms with Gasteiger partial charge in [-0.3, -0.25) is 9.59 Å². The van der Waals surface area contributed by atoms with Crippen LogP contribution in [-0.2, 0) is 14.3 Å². The number of hydrogen-bond acceptors (Lipinski definition) is 5. The fraction of sp³-hybridized carbons (Fsp3) is 0.550. The lowest BCUT2D eigenvalue weighted by molar-refractivity contribution is -0.125. The highest BCUT2D eigenvalue weighted by atomic mass is 16.5. The number of hydrogen-bond donors (Lipinski definition) is 2. The maximum atomic E-state index is 12.2. The van der Waals surface area contributed by atoms with Crippen LogP contribution in [0.15, 0.2) is 18.2 Å². The summed E-state index contributed by atoms with van der Waals surface area (Å²) in [6, 6.07) is 4.73. The average molecular weight is 372 g/mol. The van der Waals surface area contributed by atoms with E-state index in [1.54, 1.807) is 6.07 Å². The van der Waals surface area contributed by atoms with Gasteiger partial charge in [-0.15, -0.1) is 0 Å². The summed E-state index contributed by atoms with van der Waals surface area (Å²) >= 11 is 0. The van der Waals surface area contributed by atoms with E-state index in [4.69, 9.17) is 9.47 Å². The molecule has 0 saturated heterocycles. The fourth-order valence-corrected chi connectivity index (χ4v) is 4.72. The number of fused-ring (bicyclic) bond motifs is 3. The van der Waals surface area contributed by atoms with Crippen LogP contribution in [0.1, 0.15) is 43.0 Å². The maximum absolute atomic E-state index is 12.2. The quantitative estimate of drug-likeness (QED) is 0.772. The predicted octanol–water partition coefficient (Wildman–Crippen LogP) is 2.12. The molecule has 0 unspecified atom stereocenters. The third-order valence-corrected chi connectivity index (χ3v) is 6.01. The number of esters is 1. The first kappa shape index (κ1) is 17.8. The smallest absolute Gasteiger partial charge is 0.338 e. The molecule has 7 heteroatoms. The second-order valence-corrected chi connectivity index (χ2v) is 7.82. The molecule has 1 aliphatic heterocycles. The van der Waals surface area contributed by atoms with Crippen LogP contribution in [0.5, 0.6) is 5.75 Å². The highest BCUT2D eigenvalue weighted by molar-refractivity contribution is 5.97. The van der Waals surface area contributed by atoms with E-state index in [1.807, 2.05) is 6.92 Å². The molecule has 27 heavy (non-hydrogen) atoms. The molecule has 0 spiro atoms. The Bertz CT molecular complexity index is 778. The molecule has 2 saturated carbocycles. The summed E-state index contributed by atoms with van der Waals surface area (Å²) in [5.74, 6) is 1.40. The molecule has 1 aromatic rings. The van der Waals surface area contributed by atoms with Gasteiger partial charge in [0.15, 0.2) is 13.2 Å². The summed E-state index contributed by atoms with van der Waals surface area (Å²) in [5.41, 5.74) is 0.791. The minimum atomic E-state index is -0.596. The van der Waals surface area contributed by atoms with Crippen molar-refractivity contribution in [2.24, 2.45) is 17.8 Å². The standard InChI is InChI=1S/C20H24N2O5/c1-11(15-7-12-2-3-13(15)6-12)21-18(23)10-27-20(25)14-4-5-16-17(8-14)26-9-19(24)22-16/h4-5,8,11-13,15H,2-3,6-7,9-10H2,1H3,(H,21,23)(H,22,24)/t11-,12-,13-,15+/m0/s1. The second kappa shape index (κ2) is 7.21. The van der Waals surface area contributed by atoms with Gasteiger partial charge in [0.05, 0.1) is 11.3 Å². The van der Waals surface area contributed by atoms with Crippen LogP contribution in [0.4, 0.5) is 5.69 Å². The lowest BCUT2D eigenvalue weighted by Crippen LogP contribution is -2.42. The van der Waals surface area contributed by atoms with E-state index in [-0.39, 0.29) is 36.6 Å². The molecule has 0 radical (unpaired) electrons. The van der Waals surface area contributed by atoms with Crippen LogP contribution in [0.2, 0.25) is 0 Å². The average Bonchev–Trinajstić information content (AvgIpc) is 3.29. The summed E-state index contributed by atoms with van der Waals surface area (Å²) in [5, 5.41) is 5.64. The van der Waals surface area contributed by atoms with Crippen molar-refractivity contribution in [1.29, 1.82) is 0 Å². The molecule has 4 rings (SSSR count). The summed E-state index contributed by atoms with van der Waals surface area (Å²) < 4.78 is 10.4. The molecule has 1 heterocycles. The molecule has 2 bridgehead atoms. The lowest BCUT2D eigenvalue weighted by atomic mass is 9.84. The number of carbonyl (C=O) groups is 3. The number of carbonyl (C=O) groups excluding carboxylic acids is 3. The highest BCUT2D eigenvalue weighted by Crippen LogP contribution is 2.49. The molecule has 4 atom stereocenters. The number of rotatable bonds is 5. The monoisotopic (exact) mass is 372 g/mol. The fourth-order valence-electron chi connectivity index (χ4n) is 4.72. The van der Waals surface area contributed by atoms with E-state index in [9.17, 15) is 14.4 Å². The Hall–Kier alpha value is -2.57. The van der Waals surface area contributed by atoms with Crippen molar-refractivity contribution in [3.63, 3.8) is 0 Å². The first-order valence-electron chi connectivity index (χ1n) is 9.53. The molecule has 144 valence electrons. The number of benzene rings is 1. The van der Waals surface area contributed by atoms with Crippen molar-refractivity contribution in [3.8, 4) is 5.75 Å². The zero-order chi connectivity index (χ0) is 19.0. The van der Waals surface area contributed by atoms with Crippen molar-refractivity contribution in [1.82, 2.24) is 5.32 Å². The van der Waals surface area contributed by atoms with Gasteiger partial charge in [0.25, 0.3) is 11.8 Å². The van der Waals surface area contributed by atoms with Gasteiger partial charge in [-0.2, -0.15) is 0 Å². The van der Waals surface area contributed by atoms with Crippen molar-refractivity contribution < 1.29 is 23.9 Å². The van der Waals surface area contributed by atoms with E-state index >= 15 is 0 Å². The van der Waals surface area contributed by atoms with Crippen LogP contribution < -0.4 is 15.4 Å². The Balaban J connectivity index is 1.27. The van der Waals surface area contributed by atoms with Crippen LogP contribution >= 0.6 is 0 Å². The summed E-state index contributed by atoms with van der Waals surface area (Å²) in [6.45, 7) is 1.65. The zero-order valence-electron chi connectivity index (χ0n) is 15.3. The van der Waals surface area contributed by atoms with E-state index in [0.29, 0.717) is 17.4 Å². The van der Waals surface area contributed by atoms with Gasteiger partial charge >= 0.3 is 5.97 Å². The molecule has 2 N–H and O–H groups in total. The van der Waals surface area contributed by atoms with Gasteiger partial charge in [0.1, 0.15) is 5.75 Å². The molecular formula is C20H24N2O5. The molecule has 7 nitrogen and oxygen atoms in total. The van der Waals surface area contributed by atoms with Crippen LogP contribution in [0.25, 0.3) is 0 Å². The predicted molar refractivity (Wildman–Crippen MR) is 97.4 cm³/mol.